The van der Waals surface area contributed by atoms with Crippen molar-refractivity contribution in [1.29, 1.82) is 0 Å². The van der Waals surface area contributed by atoms with E-state index in [1.807, 2.05) is 36.4 Å². The van der Waals surface area contributed by atoms with Gasteiger partial charge in [-0.1, -0.05) is 56.9 Å². The maximum Gasteiger partial charge on any atom is 0.191 e. The molecule has 0 saturated heterocycles. The van der Waals surface area contributed by atoms with Crippen LogP contribution in [0.1, 0.15) is 45.6 Å². The number of allylic oxidation sites excluding steroid dienone is 2. The molecule has 0 fully saturated rings. The fourth-order valence-electron chi connectivity index (χ4n) is 1.70. The highest BCUT2D eigenvalue weighted by atomic mass is 28.4. The van der Waals surface area contributed by atoms with Crippen molar-refractivity contribution in [3.05, 3.63) is 48.0 Å². The third kappa shape index (κ3) is 7.11. The molecule has 1 nitrogen and oxygen atoms in total. The summed E-state index contributed by atoms with van der Waals surface area (Å²) in [5, 5.41) is 0.305. The van der Waals surface area contributed by atoms with E-state index in [1.165, 1.54) is 0 Å². The van der Waals surface area contributed by atoms with E-state index < -0.39 is 8.32 Å². The summed E-state index contributed by atoms with van der Waals surface area (Å²) in [4.78, 5) is 0. The number of hydrogen-bond acceptors (Lipinski definition) is 1. The molecule has 22 heavy (non-hydrogen) atoms. The summed E-state index contributed by atoms with van der Waals surface area (Å²) in [5.41, 5.74) is 1.06. The van der Waals surface area contributed by atoms with Gasteiger partial charge in [-0.05, 0) is 55.6 Å². The van der Waals surface area contributed by atoms with Gasteiger partial charge in [0.05, 0.1) is 0 Å². The Hall–Kier alpha value is -1.30. The van der Waals surface area contributed by atoms with E-state index in [9.17, 15) is 0 Å². The van der Waals surface area contributed by atoms with Crippen LogP contribution in [-0.4, -0.2) is 14.9 Å². The number of hydrogen-bond donors (Lipinski definition) is 0. The smallest absolute Gasteiger partial charge is 0.191 e. The molecule has 1 rings (SSSR count). The standard InChI is InChI=1S/C20H30OSi/c1-20(2,3)22(4,5)21-18-14-9-7-6-8-11-15-19-16-12-10-13-17-19/h6,8,10,12-13,16-17H,7,9,14,18H2,1-5H3/b8-6-. The second-order valence-electron chi connectivity index (χ2n) is 7.14. The zero-order valence-corrected chi connectivity index (χ0v) is 15.8. The summed E-state index contributed by atoms with van der Waals surface area (Å²) in [6.07, 6.45) is 7.48. The number of benzene rings is 1. The minimum Gasteiger partial charge on any atom is -0.417 e. The van der Waals surface area contributed by atoms with Crippen LogP contribution in [0.4, 0.5) is 0 Å². The van der Waals surface area contributed by atoms with Crippen LogP contribution < -0.4 is 0 Å². The van der Waals surface area contributed by atoms with Crippen LogP contribution in [0.25, 0.3) is 0 Å². The summed E-state index contributed by atoms with van der Waals surface area (Å²) < 4.78 is 6.17. The van der Waals surface area contributed by atoms with Crippen LogP contribution in [-0.2, 0) is 4.43 Å². The molecular weight excluding hydrogens is 284 g/mol. The summed E-state index contributed by atoms with van der Waals surface area (Å²) in [6, 6.07) is 10.1. The lowest BCUT2D eigenvalue weighted by Crippen LogP contribution is -2.40. The lowest BCUT2D eigenvalue weighted by Gasteiger charge is -2.36. The highest BCUT2D eigenvalue weighted by molar-refractivity contribution is 6.74. The first-order chi connectivity index (χ1) is 10.3. The molecule has 0 heterocycles. The Kier molecular flexibility index (Phi) is 7.65. The van der Waals surface area contributed by atoms with Gasteiger partial charge in [0.1, 0.15) is 0 Å². The Morgan fingerprint density at radius 2 is 1.77 bits per heavy atom. The Balaban J connectivity index is 2.16. The van der Waals surface area contributed by atoms with Crippen molar-refractivity contribution in [1.82, 2.24) is 0 Å². The van der Waals surface area contributed by atoms with E-state index in [4.69, 9.17) is 4.43 Å². The van der Waals surface area contributed by atoms with Crippen LogP contribution in [0, 0.1) is 11.8 Å². The third-order valence-electron chi connectivity index (χ3n) is 4.23. The minimum atomic E-state index is -1.56. The molecule has 2 heteroatoms. The largest absolute Gasteiger partial charge is 0.417 e. The van der Waals surface area contributed by atoms with E-state index in [2.05, 4.69) is 51.8 Å². The summed E-state index contributed by atoms with van der Waals surface area (Å²) >= 11 is 0. The molecule has 0 aliphatic carbocycles. The second kappa shape index (κ2) is 8.98. The van der Waals surface area contributed by atoms with Gasteiger partial charge in [-0.25, -0.2) is 0 Å². The Bertz CT molecular complexity index is 512. The van der Waals surface area contributed by atoms with Crippen LogP contribution >= 0.6 is 0 Å². The van der Waals surface area contributed by atoms with Gasteiger partial charge in [-0.3, -0.25) is 0 Å². The van der Waals surface area contributed by atoms with Crippen molar-refractivity contribution in [3.8, 4) is 11.8 Å². The molecule has 1 aromatic carbocycles. The number of rotatable bonds is 6. The predicted molar refractivity (Wildman–Crippen MR) is 99.5 cm³/mol. The molecule has 0 radical (unpaired) electrons. The minimum absolute atomic E-state index is 0.305. The highest BCUT2D eigenvalue weighted by Gasteiger charge is 2.36. The normalized spacial score (nSPS) is 12.2. The van der Waals surface area contributed by atoms with E-state index in [0.29, 0.717) is 5.04 Å². The third-order valence-corrected chi connectivity index (χ3v) is 8.76. The molecule has 0 aliphatic rings. The monoisotopic (exact) mass is 314 g/mol. The van der Waals surface area contributed by atoms with Crippen molar-refractivity contribution < 1.29 is 4.43 Å². The van der Waals surface area contributed by atoms with Gasteiger partial charge in [0, 0.05) is 12.2 Å². The van der Waals surface area contributed by atoms with Gasteiger partial charge in [-0.15, -0.1) is 0 Å². The first-order valence-electron chi connectivity index (χ1n) is 8.18. The van der Waals surface area contributed by atoms with Gasteiger partial charge >= 0.3 is 0 Å². The molecule has 0 amide bonds. The zero-order valence-electron chi connectivity index (χ0n) is 14.8. The molecule has 1 aromatic rings. The van der Waals surface area contributed by atoms with Gasteiger partial charge in [0.25, 0.3) is 0 Å². The molecule has 0 saturated carbocycles. The zero-order chi connectivity index (χ0) is 16.5. The van der Waals surface area contributed by atoms with Gasteiger partial charge < -0.3 is 4.43 Å². The average Bonchev–Trinajstić information content (AvgIpc) is 2.45. The van der Waals surface area contributed by atoms with E-state index in [0.717, 1.165) is 31.4 Å². The predicted octanol–water partition coefficient (Wildman–Crippen LogP) is 5.79. The Morgan fingerprint density at radius 3 is 2.41 bits per heavy atom. The second-order valence-corrected chi connectivity index (χ2v) is 12.0. The van der Waals surface area contributed by atoms with E-state index in [-0.39, 0.29) is 0 Å². The average molecular weight is 315 g/mol. The lowest BCUT2D eigenvalue weighted by molar-refractivity contribution is 0.279. The molecule has 0 bridgehead atoms. The van der Waals surface area contributed by atoms with Gasteiger partial charge in [-0.2, -0.15) is 0 Å². The van der Waals surface area contributed by atoms with Gasteiger partial charge in [0.15, 0.2) is 8.32 Å². The fraction of sp³-hybridized carbons (Fsp3) is 0.500. The molecule has 0 aliphatic heterocycles. The van der Waals surface area contributed by atoms with Crippen molar-refractivity contribution >= 4 is 8.32 Å². The van der Waals surface area contributed by atoms with Crippen molar-refractivity contribution in [2.75, 3.05) is 6.61 Å². The fourth-order valence-corrected chi connectivity index (χ4v) is 2.78. The molecule has 0 aromatic heterocycles. The van der Waals surface area contributed by atoms with Crippen LogP contribution in [0.3, 0.4) is 0 Å². The summed E-state index contributed by atoms with van der Waals surface area (Å²) in [7, 11) is -1.56. The quantitative estimate of drug-likeness (QED) is 0.367. The summed E-state index contributed by atoms with van der Waals surface area (Å²) in [6.45, 7) is 12.4. The molecule has 120 valence electrons. The van der Waals surface area contributed by atoms with Crippen molar-refractivity contribution in [2.45, 2.75) is 58.2 Å². The first kappa shape index (κ1) is 18.7. The Labute approximate surface area is 137 Å². The van der Waals surface area contributed by atoms with Crippen molar-refractivity contribution in [3.63, 3.8) is 0 Å². The van der Waals surface area contributed by atoms with Crippen LogP contribution in [0.15, 0.2) is 42.5 Å². The molecule has 0 spiro atoms. The number of unbranched alkanes of at least 4 members (excludes halogenated alkanes) is 2. The van der Waals surface area contributed by atoms with Crippen LogP contribution in [0.5, 0.6) is 0 Å². The first-order valence-corrected chi connectivity index (χ1v) is 11.1. The molecule has 0 unspecified atom stereocenters. The highest BCUT2D eigenvalue weighted by Crippen LogP contribution is 2.36. The van der Waals surface area contributed by atoms with E-state index >= 15 is 0 Å². The summed E-state index contributed by atoms with van der Waals surface area (Å²) in [5.74, 6) is 6.21. The Morgan fingerprint density at radius 1 is 1.09 bits per heavy atom. The SMILES string of the molecule is CC(C)(C)[Si](C)(C)OCCCC/C=C\C#Cc1ccccc1. The molecule has 0 atom stereocenters. The lowest BCUT2D eigenvalue weighted by atomic mass is 10.2. The topological polar surface area (TPSA) is 9.23 Å². The maximum atomic E-state index is 6.17. The van der Waals surface area contributed by atoms with E-state index in [1.54, 1.807) is 0 Å². The van der Waals surface area contributed by atoms with Gasteiger partial charge in [0.2, 0.25) is 0 Å². The van der Waals surface area contributed by atoms with Crippen LogP contribution in [0.2, 0.25) is 18.1 Å². The molecule has 0 N–H and O–H groups in total. The molecular formula is C20H30OSi. The van der Waals surface area contributed by atoms with Crippen molar-refractivity contribution in [2.24, 2.45) is 0 Å². The maximum absolute atomic E-state index is 6.17.